The molecular formula is C34H28FN7O4S2. The zero-order chi connectivity index (χ0) is 33.3. The zero-order valence-corrected chi connectivity index (χ0v) is 27.0. The molecule has 0 saturated heterocycles. The van der Waals surface area contributed by atoms with Crippen molar-refractivity contribution in [3.63, 3.8) is 0 Å². The molecular weight excluding hydrogens is 654 g/mol. The summed E-state index contributed by atoms with van der Waals surface area (Å²) in [6, 6.07) is 26.0. The van der Waals surface area contributed by atoms with Gasteiger partial charge < -0.3 is 14.8 Å². The van der Waals surface area contributed by atoms with Crippen LogP contribution in [0.1, 0.15) is 5.56 Å². The van der Waals surface area contributed by atoms with E-state index in [0.717, 1.165) is 15.7 Å². The Bertz CT molecular complexity index is 1960. The lowest BCUT2D eigenvalue weighted by Crippen LogP contribution is -2.53. The van der Waals surface area contributed by atoms with Crippen LogP contribution in [0.15, 0.2) is 120 Å². The quantitative estimate of drug-likeness (QED) is 0.123. The number of anilines is 5. The third-order valence-corrected chi connectivity index (χ3v) is 8.19. The molecule has 0 atom stereocenters. The molecule has 0 fully saturated rings. The van der Waals surface area contributed by atoms with Gasteiger partial charge >= 0.3 is 12.1 Å². The monoisotopic (exact) mass is 681 g/mol. The van der Waals surface area contributed by atoms with Crippen LogP contribution in [-0.2, 0) is 6.54 Å². The van der Waals surface area contributed by atoms with Gasteiger partial charge in [0.1, 0.15) is 23.1 Å². The largest absolute Gasteiger partial charge is 0.497 e. The van der Waals surface area contributed by atoms with Gasteiger partial charge in [-0.2, -0.15) is 5.01 Å². The van der Waals surface area contributed by atoms with E-state index in [-0.39, 0.29) is 16.4 Å². The van der Waals surface area contributed by atoms with Crippen molar-refractivity contribution in [1.29, 1.82) is 0 Å². The fourth-order valence-electron chi connectivity index (χ4n) is 4.60. The maximum Gasteiger partial charge on any atom is 0.347 e. The maximum absolute atomic E-state index is 15.8. The van der Waals surface area contributed by atoms with Crippen molar-refractivity contribution in [3.05, 3.63) is 132 Å². The number of nitrogens with zero attached hydrogens (tertiary/aromatic N) is 4. The lowest BCUT2D eigenvalue weighted by Gasteiger charge is -2.35. The average Bonchev–Trinajstić information content (AvgIpc) is 3.82. The summed E-state index contributed by atoms with van der Waals surface area (Å²) in [6.07, 6.45) is 3.08. The predicted molar refractivity (Wildman–Crippen MR) is 186 cm³/mol. The fourth-order valence-corrected chi connectivity index (χ4v) is 5.64. The van der Waals surface area contributed by atoms with Crippen LogP contribution < -0.4 is 30.4 Å². The Balaban J connectivity index is 1.45. The van der Waals surface area contributed by atoms with Gasteiger partial charge in [-0.05, 0) is 60.7 Å². The number of carbonyl (C=O) groups is 2. The van der Waals surface area contributed by atoms with Crippen LogP contribution >= 0.6 is 22.7 Å². The number of halogens is 1. The van der Waals surface area contributed by atoms with Gasteiger partial charge in [0.25, 0.3) is 0 Å². The number of benzene rings is 4. The van der Waals surface area contributed by atoms with Crippen molar-refractivity contribution < 1.29 is 23.5 Å². The second-order valence-corrected chi connectivity index (χ2v) is 11.7. The molecule has 0 spiro atoms. The second-order valence-electron chi connectivity index (χ2n) is 9.91. The lowest BCUT2D eigenvalue weighted by molar-refractivity contribution is 0.197. The topological polar surface area (TPSA) is 121 Å². The van der Waals surface area contributed by atoms with Crippen LogP contribution in [0.5, 0.6) is 17.2 Å². The van der Waals surface area contributed by atoms with Crippen molar-refractivity contribution >= 4 is 62.1 Å². The predicted octanol–water partition coefficient (Wildman–Crippen LogP) is 8.97. The molecule has 14 heteroatoms. The number of amides is 4. The first-order valence-corrected chi connectivity index (χ1v) is 16.2. The molecule has 4 amide bonds. The summed E-state index contributed by atoms with van der Waals surface area (Å²) in [5.74, 6) is 0.529. The van der Waals surface area contributed by atoms with Gasteiger partial charge in [-0.1, -0.05) is 36.4 Å². The van der Waals surface area contributed by atoms with E-state index in [1.54, 1.807) is 78.7 Å². The van der Waals surface area contributed by atoms with Crippen molar-refractivity contribution in [2.24, 2.45) is 0 Å². The maximum atomic E-state index is 15.8. The van der Waals surface area contributed by atoms with E-state index in [9.17, 15) is 9.59 Å². The minimum Gasteiger partial charge on any atom is -0.497 e. The van der Waals surface area contributed by atoms with Gasteiger partial charge in [0.15, 0.2) is 10.3 Å². The van der Waals surface area contributed by atoms with Crippen LogP contribution in [0.3, 0.4) is 0 Å². The molecule has 0 radical (unpaired) electrons. The average molecular weight is 682 g/mol. The molecule has 0 aliphatic heterocycles. The minimum absolute atomic E-state index is 0.0168. The van der Waals surface area contributed by atoms with Crippen LogP contribution in [-0.4, -0.2) is 34.1 Å². The molecule has 2 aromatic heterocycles. The summed E-state index contributed by atoms with van der Waals surface area (Å²) >= 11 is 2.40. The fraction of sp³-hybridized carbons (Fsp3) is 0.0588. The molecule has 6 aromatic rings. The van der Waals surface area contributed by atoms with Gasteiger partial charge in [-0.3, -0.25) is 10.6 Å². The van der Waals surface area contributed by atoms with E-state index in [0.29, 0.717) is 28.0 Å². The standard InChI is InChI=1S/C34H28FN7O4S2/c1-45-24-14-16-25(17-15-24)46-30-13-7-10-27(35)26(30)22-41(33(43)39-31-36-18-20-47-31)42(34(44)40-32-37-19-21-48-32)29-12-6-5-11-28(29)38-23-8-3-2-4-9-23/h2-21,38H,22H2,1H3,(H,36,39,43)(H,37,40,44). The molecule has 48 heavy (non-hydrogen) atoms. The molecule has 242 valence electrons. The lowest BCUT2D eigenvalue weighted by atomic mass is 10.1. The molecule has 0 aliphatic rings. The molecule has 3 N–H and O–H groups in total. The van der Waals surface area contributed by atoms with Gasteiger partial charge in [0.2, 0.25) is 0 Å². The van der Waals surface area contributed by atoms with E-state index in [4.69, 9.17) is 9.47 Å². The number of para-hydroxylation sites is 3. The third kappa shape index (κ3) is 7.68. The van der Waals surface area contributed by atoms with Crippen molar-refractivity contribution in [3.8, 4) is 17.2 Å². The second kappa shape index (κ2) is 15.1. The number of thiazole rings is 2. The van der Waals surface area contributed by atoms with Gasteiger partial charge in [-0.25, -0.2) is 29.0 Å². The Morgan fingerprint density at radius 1 is 0.771 bits per heavy atom. The summed E-state index contributed by atoms with van der Waals surface area (Å²) in [4.78, 5) is 36.8. The molecule has 0 saturated carbocycles. The van der Waals surface area contributed by atoms with Crippen LogP contribution in [0.2, 0.25) is 0 Å². The summed E-state index contributed by atoms with van der Waals surface area (Å²) in [5.41, 5.74) is 1.54. The first-order chi connectivity index (χ1) is 23.5. The SMILES string of the molecule is COc1ccc(Oc2cccc(F)c2CN(C(=O)Nc2nccs2)N(C(=O)Nc2nccs2)c2ccccc2Nc2ccccc2)cc1. The molecule has 2 heterocycles. The number of nitrogens with one attached hydrogen (secondary N) is 3. The number of rotatable bonds is 10. The highest BCUT2D eigenvalue weighted by Crippen LogP contribution is 2.35. The van der Waals surface area contributed by atoms with Gasteiger partial charge in [-0.15, -0.1) is 22.7 Å². The van der Waals surface area contributed by atoms with E-state index in [1.165, 1.54) is 41.0 Å². The normalized spacial score (nSPS) is 10.5. The van der Waals surface area contributed by atoms with E-state index >= 15 is 4.39 Å². The molecule has 4 aromatic carbocycles. The molecule has 0 bridgehead atoms. The van der Waals surface area contributed by atoms with E-state index in [1.807, 2.05) is 30.3 Å². The number of carbonyl (C=O) groups excluding carboxylic acids is 2. The Hall–Kier alpha value is -5.99. The van der Waals surface area contributed by atoms with Gasteiger partial charge in [0, 0.05) is 28.8 Å². The number of hydrogen-bond acceptors (Lipinski definition) is 9. The van der Waals surface area contributed by atoms with Crippen LogP contribution in [0.25, 0.3) is 0 Å². The molecule has 0 aliphatic carbocycles. The molecule has 6 rings (SSSR count). The van der Waals surface area contributed by atoms with E-state index in [2.05, 4.69) is 25.9 Å². The minimum atomic E-state index is -0.757. The summed E-state index contributed by atoms with van der Waals surface area (Å²) in [5, 5.41) is 15.0. The molecule has 0 unspecified atom stereocenters. The third-order valence-electron chi connectivity index (χ3n) is 6.82. The van der Waals surface area contributed by atoms with Crippen LogP contribution in [0.4, 0.5) is 41.3 Å². The van der Waals surface area contributed by atoms with Crippen molar-refractivity contribution in [2.45, 2.75) is 6.54 Å². The Labute approximate surface area is 283 Å². The number of ether oxygens (including phenoxy) is 2. The number of urea groups is 2. The van der Waals surface area contributed by atoms with Crippen molar-refractivity contribution in [2.75, 3.05) is 28.1 Å². The smallest absolute Gasteiger partial charge is 0.347 e. The summed E-state index contributed by atoms with van der Waals surface area (Å²) in [6.45, 7) is -0.430. The number of methoxy groups -OCH3 is 1. The highest BCUT2D eigenvalue weighted by molar-refractivity contribution is 7.14. The Kier molecular flexibility index (Phi) is 10.0. The highest BCUT2D eigenvalue weighted by Gasteiger charge is 2.33. The van der Waals surface area contributed by atoms with Crippen molar-refractivity contribution in [1.82, 2.24) is 15.0 Å². The highest BCUT2D eigenvalue weighted by atomic mass is 32.1. The Morgan fingerprint density at radius 2 is 1.42 bits per heavy atom. The van der Waals surface area contributed by atoms with E-state index < -0.39 is 24.4 Å². The first-order valence-electron chi connectivity index (χ1n) is 14.5. The summed E-state index contributed by atoms with van der Waals surface area (Å²) in [7, 11) is 1.55. The van der Waals surface area contributed by atoms with Crippen LogP contribution in [0, 0.1) is 5.82 Å². The Morgan fingerprint density at radius 3 is 2.08 bits per heavy atom. The zero-order valence-electron chi connectivity index (χ0n) is 25.4. The summed E-state index contributed by atoms with van der Waals surface area (Å²) < 4.78 is 27.1. The van der Waals surface area contributed by atoms with Gasteiger partial charge in [0.05, 0.1) is 30.6 Å². The first kappa shape index (κ1) is 32.0. The number of hydrazine groups is 1. The number of aromatic nitrogens is 2. The molecule has 11 nitrogen and oxygen atoms in total. The number of hydrogen-bond donors (Lipinski definition) is 3.